The van der Waals surface area contributed by atoms with E-state index in [9.17, 15) is 14.4 Å². The molecule has 136 valence electrons. The number of aliphatic hydroxyl groups excluding tert-OH is 3. The largest absolute Gasteiger partial charge is 2.00 e. The first-order chi connectivity index (χ1) is 10.5. The number of aliphatic hydroxyl groups is 3. The molecule has 0 unspecified atom stereocenters. The monoisotopic (exact) mass is 376 g/mol. The number of ether oxygens (including phenoxy) is 1. The van der Waals surface area contributed by atoms with Crippen molar-refractivity contribution in [2.24, 2.45) is 5.41 Å². The fourth-order valence-corrected chi connectivity index (χ4v) is 0.887. The van der Waals surface area contributed by atoms with Gasteiger partial charge in [0.15, 0.2) is 0 Å². The van der Waals surface area contributed by atoms with Gasteiger partial charge in [0.1, 0.15) is 6.61 Å². The Kier molecular flexibility index (Phi) is 16.7. The van der Waals surface area contributed by atoms with Crippen molar-refractivity contribution in [2.45, 2.75) is 13.3 Å². The van der Waals surface area contributed by atoms with Crippen LogP contribution in [0.5, 0.6) is 0 Å². The number of carboxylic acid groups (broad SMARTS) is 2. The number of carbonyl (C=O) groups is 3. The van der Waals surface area contributed by atoms with Crippen LogP contribution in [0.15, 0.2) is 24.3 Å². The van der Waals surface area contributed by atoms with Gasteiger partial charge in [-0.1, -0.05) is 13.2 Å². The van der Waals surface area contributed by atoms with Crippen LogP contribution in [0.1, 0.15) is 16.2 Å². The Labute approximate surface area is 172 Å². The Morgan fingerprint density at radius 2 is 1.46 bits per heavy atom. The summed E-state index contributed by atoms with van der Waals surface area (Å²) in [5.41, 5.74) is -1.25. The number of aliphatic carboxylic acids is 2. The molecule has 5 N–H and O–H groups in total. The van der Waals surface area contributed by atoms with E-state index < -0.39 is 49.6 Å². The van der Waals surface area contributed by atoms with Crippen molar-refractivity contribution in [1.82, 2.24) is 0 Å². The van der Waals surface area contributed by atoms with Crippen LogP contribution in [0.3, 0.4) is 0 Å². The molecule has 0 atom stereocenters. The van der Waals surface area contributed by atoms with Gasteiger partial charge in [-0.3, -0.25) is 4.79 Å². The number of esters is 1. The molecule has 0 amide bonds. The number of hydrogen-bond acceptors (Lipinski definition) is 7. The second-order valence-corrected chi connectivity index (χ2v) is 4.81. The van der Waals surface area contributed by atoms with E-state index in [0.29, 0.717) is 0 Å². The number of rotatable bonds is 9. The predicted octanol–water partition coefficient (Wildman–Crippen LogP) is -0.985. The molecule has 0 aromatic rings. The molecule has 0 aromatic heterocycles. The maximum atomic E-state index is 11.0. The Hall–Kier alpha value is -0.970. The van der Waals surface area contributed by atoms with Gasteiger partial charge in [-0.2, -0.15) is 0 Å². The molecule has 24 heavy (non-hydrogen) atoms. The van der Waals surface area contributed by atoms with Gasteiger partial charge >= 0.3 is 55.6 Å². The van der Waals surface area contributed by atoms with Gasteiger partial charge < -0.3 is 33.1 Å². The first kappa shape index (κ1) is 27.9. The van der Waals surface area contributed by atoms with Crippen LogP contribution in [-0.2, 0) is 19.1 Å². The molecule has 0 aliphatic rings. The molecule has 0 heterocycles. The number of carboxylic acids is 2. The van der Waals surface area contributed by atoms with Gasteiger partial charge in [-0.05, 0) is 6.92 Å². The van der Waals surface area contributed by atoms with Crippen LogP contribution in [0.2, 0.25) is 0 Å². The summed E-state index contributed by atoms with van der Waals surface area (Å²) in [6.07, 6.45) is -0.505. The minimum absolute atomic E-state index is 0. The average molecular weight is 376 g/mol. The molecule has 0 saturated heterocycles. The summed E-state index contributed by atoms with van der Waals surface area (Å²) >= 11 is 0. The van der Waals surface area contributed by atoms with Gasteiger partial charge in [0, 0.05) is 11.1 Å². The van der Waals surface area contributed by atoms with E-state index >= 15 is 0 Å². The van der Waals surface area contributed by atoms with E-state index in [1.165, 1.54) is 6.92 Å². The normalized spacial score (nSPS) is 9.67. The molecule has 0 aliphatic heterocycles. The molecular weight excluding hydrogens is 352 g/mol. The molecule has 0 saturated carbocycles. The van der Waals surface area contributed by atoms with Gasteiger partial charge in [0.2, 0.25) is 0 Å². The summed E-state index contributed by atoms with van der Waals surface area (Å²) < 4.78 is 4.72. The van der Waals surface area contributed by atoms with E-state index in [-0.39, 0.29) is 58.3 Å². The van der Waals surface area contributed by atoms with Crippen LogP contribution in [0, 0.1) is 5.41 Å². The second kappa shape index (κ2) is 14.4. The van der Waals surface area contributed by atoms with Gasteiger partial charge in [-0.15, -0.1) is 0 Å². The van der Waals surface area contributed by atoms with Crippen molar-refractivity contribution < 1.29 is 47.5 Å². The zero-order chi connectivity index (χ0) is 18.6. The Morgan fingerprint density at radius 3 is 1.67 bits per heavy atom. The van der Waals surface area contributed by atoms with Gasteiger partial charge in [-0.25, -0.2) is 9.59 Å². The molecule has 0 radical (unpaired) electrons. The third-order valence-electron chi connectivity index (χ3n) is 2.53. The molecule has 9 nitrogen and oxygen atoms in total. The van der Waals surface area contributed by atoms with E-state index in [4.69, 9.17) is 30.3 Å². The molecule has 0 spiro atoms. The predicted molar refractivity (Wildman–Crippen MR) is 86.5 cm³/mol. The summed E-state index contributed by atoms with van der Waals surface area (Å²) in [5, 5.41) is 42.8. The third-order valence-corrected chi connectivity index (χ3v) is 2.53. The Morgan fingerprint density at radius 1 is 1.04 bits per heavy atom. The minimum atomic E-state index is -1.27. The molecule has 0 aliphatic carbocycles. The fraction of sp³-hybridized carbons (Fsp3) is 0.500. The van der Waals surface area contributed by atoms with Crippen molar-refractivity contribution in [2.75, 3.05) is 26.4 Å². The van der Waals surface area contributed by atoms with Crippen LogP contribution in [0.4, 0.5) is 0 Å². The molecular formula is C14H24CaO9. The van der Waals surface area contributed by atoms with Crippen LogP contribution >= 0.6 is 0 Å². The average Bonchev–Trinajstić information content (AvgIpc) is 2.48. The molecule has 0 rings (SSSR count). The summed E-state index contributed by atoms with van der Waals surface area (Å²) in [5.74, 6) is -3.05. The molecule has 10 heteroatoms. The van der Waals surface area contributed by atoms with Crippen LogP contribution < -0.4 is 0 Å². The zero-order valence-corrected chi connectivity index (χ0v) is 15.7. The maximum absolute atomic E-state index is 11.0. The Balaban J connectivity index is -0.000000109. The number of carbonyl (C=O) groups excluding carboxylic acids is 1. The van der Waals surface area contributed by atoms with Crippen molar-refractivity contribution in [3.63, 3.8) is 0 Å². The van der Waals surface area contributed by atoms with E-state index in [1.54, 1.807) is 0 Å². The molecule has 0 fully saturated rings. The maximum Gasteiger partial charge on any atom is 2.00 e. The summed E-state index contributed by atoms with van der Waals surface area (Å²) in [7, 11) is 0. The standard InChI is InChI=1S/C9H16O5.C5H6O4.Ca.2H/c1-7(2)8(13)14-6-9(3-10,4-11)5-12;1-3(5(8)9)2-4(6)7;;;/h10-12H,1,3-6H2,2H3;1-2H2,(H,6,7)(H,8,9);;;/q;;+2;2*-1. The second-order valence-electron chi connectivity index (χ2n) is 4.81. The minimum Gasteiger partial charge on any atom is -1.00 e. The van der Waals surface area contributed by atoms with Crippen molar-refractivity contribution in [3.05, 3.63) is 24.3 Å². The molecule has 0 aromatic carbocycles. The van der Waals surface area contributed by atoms with E-state index in [2.05, 4.69) is 13.2 Å². The topological polar surface area (TPSA) is 162 Å². The third kappa shape index (κ3) is 12.5. The van der Waals surface area contributed by atoms with Gasteiger partial charge in [0.05, 0.1) is 31.7 Å². The van der Waals surface area contributed by atoms with Crippen molar-refractivity contribution in [3.8, 4) is 0 Å². The first-order valence-electron chi connectivity index (χ1n) is 6.33. The summed E-state index contributed by atoms with van der Waals surface area (Å²) in [6.45, 7) is 6.27. The summed E-state index contributed by atoms with van der Waals surface area (Å²) in [4.78, 5) is 30.6. The van der Waals surface area contributed by atoms with Crippen molar-refractivity contribution >= 4 is 55.6 Å². The quantitative estimate of drug-likeness (QED) is 0.193. The van der Waals surface area contributed by atoms with Crippen molar-refractivity contribution in [1.29, 1.82) is 0 Å². The van der Waals surface area contributed by atoms with Crippen LogP contribution in [0.25, 0.3) is 0 Å². The Bertz CT molecular complexity index is 457. The molecule has 0 bridgehead atoms. The SMILES string of the molecule is C=C(C)C(=O)OCC(CO)(CO)CO.C=C(CC(=O)O)C(=O)O.[Ca+2].[H-].[H-]. The van der Waals surface area contributed by atoms with Crippen LogP contribution in [-0.4, -0.2) is 108 Å². The smallest absolute Gasteiger partial charge is 1.00 e. The summed E-state index contributed by atoms with van der Waals surface area (Å²) in [6, 6.07) is 0. The van der Waals surface area contributed by atoms with E-state index in [1.807, 2.05) is 0 Å². The van der Waals surface area contributed by atoms with Gasteiger partial charge in [0.25, 0.3) is 0 Å². The number of hydrogen-bond donors (Lipinski definition) is 5. The zero-order valence-electron chi connectivity index (χ0n) is 15.5. The fourth-order valence-electron chi connectivity index (χ4n) is 0.887. The first-order valence-corrected chi connectivity index (χ1v) is 6.33. The van der Waals surface area contributed by atoms with E-state index in [0.717, 1.165) is 0 Å².